The number of hydrogen-bond acceptors (Lipinski definition) is 5. The van der Waals surface area contributed by atoms with Gasteiger partial charge < -0.3 is 19.9 Å². The Balaban J connectivity index is 1.98. The lowest BCUT2D eigenvalue weighted by molar-refractivity contribution is 0.199. The van der Waals surface area contributed by atoms with Crippen LogP contribution in [0.1, 0.15) is 18.1 Å². The molecule has 5 heteroatoms. The lowest BCUT2D eigenvalue weighted by atomic mass is 10.1. The molecule has 0 saturated carbocycles. The Bertz CT molecular complexity index is 452. The maximum absolute atomic E-state index is 5.03. The highest BCUT2D eigenvalue weighted by atomic mass is 16.5. The summed E-state index contributed by atoms with van der Waals surface area (Å²) < 4.78 is 5.03. The Morgan fingerprint density at radius 1 is 1.43 bits per heavy atom. The van der Waals surface area contributed by atoms with E-state index in [1.807, 2.05) is 6.20 Å². The number of nitrogens with one attached hydrogen (secondary N) is 1. The molecule has 0 bridgehead atoms. The Morgan fingerprint density at radius 2 is 2.24 bits per heavy atom. The van der Waals surface area contributed by atoms with Gasteiger partial charge in [-0.3, -0.25) is 0 Å². The first-order valence-electron chi connectivity index (χ1n) is 7.72. The molecule has 1 aromatic rings. The molecule has 2 heterocycles. The third-order valence-electron chi connectivity index (χ3n) is 4.02. The third kappa shape index (κ3) is 4.40. The van der Waals surface area contributed by atoms with Gasteiger partial charge in [-0.1, -0.05) is 0 Å². The number of aromatic nitrogens is 1. The lowest BCUT2D eigenvalue weighted by Crippen LogP contribution is -2.51. The second-order valence-corrected chi connectivity index (χ2v) is 5.96. The number of pyridine rings is 1. The van der Waals surface area contributed by atoms with Gasteiger partial charge in [-0.15, -0.1) is 0 Å². The summed E-state index contributed by atoms with van der Waals surface area (Å²) in [6, 6.07) is 2.76. The zero-order valence-corrected chi connectivity index (χ0v) is 13.7. The molecular formula is C16H28N4O. The van der Waals surface area contributed by atoms with Crippen molar-refractivity contribution >= 4 is 5.82 Å². The molecule has 21 heavy (non-hydrogen) atoms. The summed E-state index contributed by atoms with van der Waals surface area (Å²) >= 11 is 0. The Hall–Kier alpha value is -1.17. The van der Waals surface area contributed by atoms with Gasteiger partial charge >= 0.3 is 0 Å². The van der Waals surface area contributed by atoms with Crippen LogP contribution in [-0.2, 0) is 11.3 Å². The normalized spacial score (nSPS) is 20.0. The molecule has 1 fully saturated rings. The number of methoxy groups -OCH3 is 1. The van der Waals surface area contributed by atoms with E-state index < -0.39 is 0 Å². The van der Waals surface area contributed by atoms with Gasteiger partial charge in [0.15, 0.2) is 0 Å². The van der Waals surface area contributed by atoms with Crippen molar-refractivity contribution in [3.8, 4) is 0 Å². The first-order valence-corrected chi connectivity index (χ1v) is 7.72. The molecule has 0 radical (unpaired) electrons. The molecule has 5 nitrogen and oxygen atoms in total. The van der Waals surface area contributed by atoms with Crippen molar-refractivity contribution in [3.63, 3.8) is 0 Å². The Labute approximate surface area is 128 Å². The van der Waals surface area contributed by atoms with E-state index in [0.717, 1.165) is 45.1 Å². The summed E-state index contributed by atoms with van der Waals surface area (Å²) in [5, 5.41) is 3.36. The van der Waals surface area contributed by atoms with Gasteiger partial charge in [0.25, 0.3) is 0 Å². The molecule has 1 atom stereocenters. The molecule has 1 saturated heterocycles. The summed E-state index contributed by atoms with van der Waals surface area (Å²) in [5.41, 5.74) is 2.49. The number of rotatable bonds is 6. The van der Waals surface area contributed by atoms with Crippen LogP contribution in [0.2, 0.25) is 0 Å². The highest BCUT2D eigenvalue weighted by molar-refractivity contribution is 5.48. The van der Waals surface area contributed by atoms with Crippen LogP contribution in [0.25, 0.3) is 0 Å². The predicted octanol–water partition coefficient (Wildman–Crippen LogP) is 1.27. The molecule has 1 unspecified atom stereocenters. The van der Waals surface area contributed by atoms with Crippen LogP contribution < -0.4 is 10.2 Å². The van der Waals surface area contributed by atoms with E-state index in [1.165, 1.54) is 11.1 Å². The SMILES string of the molecule is COCCNCc1cnc(N2CCN(C)CC2C)c(C)c1. The topological polar surface area (TPSA) is 40.6 Å². The van der Waals surface area contributed by atoms with Crippen LogP contribution in [0, 0.1) is 6.92 Å². The largest absolute Gasteiger partial charge is 0.383 e. The van der Waals surface area contributed by atoms with Crippen LogP contribution >= 0.6 is 0 Å². The van der Waals surface area contributed by atoms with Crippen LogP contribution in [0.5, 0.6) is 0 Å². The highest BCUT2D eigenvalue weighted by Gasteiger charge is 2.23. The minimum absolute atomic E-state index is 0.514. The molecule has 118 valence electrons. The Kier molecular flexibility index (Phi) is 5.96. The average Bonchev–Trinajstić information content (AvgIpc) is 2.45. The second-order valence-electron chi connectivity index (χ2n) is 5.96. The van der Waals surface area contributed by atoms with Crippen molar-refractivity contribution < 1.29 is 4.74 Å². The number of nitrogens with zero attached hydrogens (tertiary/aromatic N) is 3. The van der Waals surface area contributed by atoms with Crippen molar-refractivity contribution in [3.05, 3.63) is 23.4 Å². The quantitative estimate of drug-likeness (QED) is 0.800. The van der Waals surface area contributed by atoms with E-state index in [0.29, 0.717) is 6.04 Å². The predicted molar refractivity (Wildman–Crippen MR) is 86.9 cm³/mol. The van der Waals surface area contributed by atoms with Crippen molar-refractivity contribution in [1.29, 1.82) is 0 Å². The molecule has 0 aliphatic carbocycles. The molecule has 0 aromatic carbocycles. The third-order valence-corrected chi connectivity index (χ3v) is 4.02. The first-order chi connectivity index (χ1) is 10.1. The molecule has 1 aromatic heterocycles. The van der Waals surface area contributed by atoms with Crippen molar-refractivity contribution in [2.45, 2.75) is 26.4 Å². The lowest BCUT2D eigenvalue weighted by Gasteiger charge is -2.39. The van der Waals surface area contributed by atoms with Gasteiger partial charge in [0.1, 0.15) is 5.82 Å². The second kappa shape index (κ2) is 7.73. The molecule has 1 N–H and O–H groups in total. The first kappa shape index (κ1) is 16.2. The Morgan fingerprint density at radius 3 is 2.90 bits per heavy atom. The van der Waals surface area contributed by atoms with E-state index in [9.17, 15) is 0 Å². The van der Waals surface area contributed by atoms with Gasteiger partial charge in [0.2, 0.25) is 0 Å². The summed E-state index contributed by atoms with van der Waals surface area (Å²) in [6.07, 6.45) is 1.99. The van der Waals surface area contributed by atoms with Crippen LogP contribution in [0.3, 0.4) is 0 Å². The molecule has 0 amide bonds. The molecule has 0 spiro atoms. The van der Waals surface area contributed by atoms with E-state index in [1.54, 1.807) is 7.11 Å². The van der Waals surface area contributed by atoms with E-state index in [-0.39, 0.29) is 0 Å². The zero-order valence-electron chi connectivity index (χ0n) is 13.7. The fourth-order valence-corrected chi connectivity index (χ4v) is 2.88. The monoisotopic (exact) mass is 292 g/mol. The standard InChI is InChI=1S/C16H28N4O/c1-13-9-15(10-17-5-8-21-4)11-18-16(13)20-7-6-19(3)12-14(20)2/h9,11,14,17H,5-8,10,12H2,1-4H3. The summed E-state index contributed by atoms with van der Waals surface area (Å²) in [6.45, 7) is 10.1. The number of anilines is 1. The zero-order chi connectivity index (χ0) is 15.2. The van der Waals surface area contributed by atoms with Crippen LogP contribution in [0.15, 0.2) is 12.3 Å². The number of hydrogen-bond donors (Lipinski definition) is 1. The van der Waals surface area contributed by atoms with E-state index >= 15 is 0 Å². The smallest absolute Gasteiger partial charge is 0.131 e. The van der Waals surface area contributed by atoms with Gasteiger partial charge in [0.05, 0.1) is 6.61 Å². The maximum Gasteiger partial charge on any atom is 0.131 e. The van der Waals surface area contributed by atoms with Crippen LogP contribution in [0.4, 0.5) is 5.82 Å². The summed E-state index contributed by atoms with van der Waals surface area (Å²) in [5.74, 6) is 1.14. The fraction of sp³-hybridized carbons (Fsp3) is 0.688. The van der Waals surface area contributed by atoms with E-state index in [4.69, 9.17) is 9.72 Å². The number of piperazine rings is 1. The van der Waals surface area contributed by atoms with Gasteiger partial charge in [-0.25, -0.2) is 4.98 Å². The number of aryl methyl sites for hydroxylation is 1. The van der Waals surface area contributed by atoms with Gasteiger partial charge in [-0.2, -0.15) is 0 Å². The minimum Gasteiger partial charge on any atom is -0.383 e. The van der Waals surface area contributed by atoms with Crippen molar-refractivity contribution in [2.75, 3.05) is 51.8 Å². The summed E-state index contributed by atoms with van der Waals surface area (Å²) in [4.78, 5) is 9.52. The average molecular weight is 292 g/mol. The van der Waals surface area contributed by atoms with Gasteiger partial charge in [0, 0.05) is 52.1 Å². The van der Waals surface area contributed by atoms with Gasteiger partial charge in [-0.05, 0) is 38.1 Å². The number of ether oxygens (including phenoxy) is 1. The van der Waals surface area contributed by atoms with Crippen molar-refractivity contribution in [1.82, 2.24) is 15.2 Å². The van der Waals surface area contributed by atoms with E-state index in [2.05, 4.69) is 42.1 Å². The number of likely N-dealkylation sites (N-methyl/N-ethyl adjacent to an activating group) is 1. The molecule has 1 aliphatic heterocycles. The molecule has 1 aliphatic rings. The summed E-state index contributed by atoms with van der Waals surface area (Å²) in [7, 11) is 3.91. The maximum atomic E-state index is 5.03. The highest BCUT2D eigenvalue weighted by Crippen LogP contribution is 2.22. The molecule has 2 rings (SSSR count). The van der Waals surface area contributed by atoms with Crippen LogP contribution in [-0.4, -0.2) is 62.9 Å². The van der Waals surface area contributed by atoms with Crippen molar-refractivity contribution in [2.24, 2.45) is 0 Å². The molecular weight excluding hydrogens is 264 g/mol. The minimum atomic E-state index is 0.514. The fourth-order valence-electron chi connectivity index (χ4n) is 2.88.